The molecule has 0 fully saturated rings. The van der Waals surface area contributed by atoms with Gasteiger partial charge in [0, 0.05) is 37.3 Å². The van der Waals surface area contributed by atoms with Crippen LogP contribution in [0.5, 0.6) is 17.4 Å². The zero-order valence-corrected chi connectivity index (χ0v) is 14.1. The Morgan fingerprint density at radius 3 is 2.68 bits per heavy atom. The fraction of sp³-hybridized carbons (Fsp3) is 0.176. The van der Waals surface area contributed by atoms with Crippen LogP contribution in [0.25, 0.3) is 0 Å². The Morgan fingerprint density at radius 2 is 1.96 bits per heavy atom. The molecule has 0 atom stereocenters. The summed E-state index contributed by atoms with van der Waals surface area (Å²) in [5.41, 5.74) is 1.19. The van der Waals surface area contributed by atoms with Gasteiger partial charge in [0.15, 0.2) is 17.3 Å². The lowest BCUT2D eigenvalue weighted by atomic mass is 10.2. The van der Waals surface area contributed by atoms with Crippen molar-refractivity contribution in [3.05, 3.63) is 58.8 Å². The SMILES string of the molecule is COc1ccc(Nc2nccn(C)c2=O)cc1Oc1ccc(C)nn1. The maximum Gasteiger partial charge on any atom is 0.293 e. The summed E-state index contributed by atoms with van der Waals surface area (Å²) in [5.74, 6) is 1.53. The van der Waals surface area contributed by atoms with Gasteiger partial charge in [0.1, 0.15) is 0 Å². The highest BCUT2D eigenvalue weighted by Crippen LogP contribution is 2.33. The predicted molar refractivity (Wildman–Crippen MR) is 92.6 cm³/mol. The van der Waals surface area contributed by atoms with Crippen LogP contribution in [0.4, 0.5) is 11.5 Å². The van der Waals surface area contributed by atoms with Crippen LogP contribution < -0.4 is 20.3 Å². The average molecular weight is 339 g/mol. The first-order chi connectivity index (χ1) is 12.1. The zero-order valence-electron chi connectivity index (χ0n) is 14.1. The van der Waals surface area contributed by atoms with Gasteiger partial charge in [-0.05, 0) is 25.1 Å². The molecule has 3 rings (SSSR count). The molecule has 0 saturated heterocycles. The number of aromatic nitrogens is 4. The molecule has 1 N–H and O–H groups in total. The third-order valence-electron chi connectivity index (χ3n) is 3.43. The minimum atomic E-state index is -0.231. The number of hydrogen-bond donors (Lipinski definition) is 1. The van der Waals surface area contributed by atoms with E-state index < -0.39 is 0 Å². The Kier molecular flexibility index (Phi) is 4.60. The second kappa shape index (κ2) is 7.00. The molecule has 3 aromatic rings. The summed E-state index contributed by atoms with van der Waals surface area (Å²) in [7, 11) is 3.21. The fourth-order valence-electron chi connectivity index (χ4n) is 2.11. The standard InChI is InChI=1S/C17H17N5O3/c1-11-4-7-15(21-20-11)25-14-10-12(5-6-13(14)24-3)19-16-17(23)22(2)9-8-18-16/h4-10H,1-3H3,(H,18,19). The quantitative estimate of drug-likeness (QED) is 0.763. The third kappa shape index (κ3) is 3.74. The van der Waals surface area contributed by atoms with Gasteiger partial charge in [-0.25, -0.2) is 4.98 Å². The molecule has 0 radical (unpaired) electrons. The van der Waals surface area contributed by atoms with Gasteiger partial charge in [-0.15, -0.1) is 5.10 Å². The van der Waals surface area contributed by atoms with E-state index in [0.717, 1.165) is 5.69 Å². The summed E-state index contributed by atoms with van der Waals surface area (Å²) in [5, 5.41) is 10.9. The highest BCUT2D eigenvalue weighted by Gasteiger charge is 2.10. The minimum Gasteiger partial charge on any atom is -0.493 e. The molecule has 0 saturated carbocycles. The van der Waals surface area contributed by atoms with Gasteiger partial charge in [0.25, 0.3) is 5.56 Å². The highest BCUT2D eigenvalue weighted by molar-refractivity contribution is 5.61. The molecule has 128 valence electrons. The van der Waals surface area contributed by atoms with Gasteiger partial charge >= 0.3 is 0 Å². The molecule has 1 aromatic carbocycles. The smallest absolute Gasteiger partial charge is 0.293 e. The van der Waals surface area contributed by atoms with E-state index in [2.05, 4.69) is 20.5 Å². The van der Waals surface area contributed by atoms with Crippen molar-refractivity contribution in [3.8, 4) is 17.4 Å². The molecule has 0 aliphatic carbocycles. The van der Waals surface area contributed by atoms with Crippen LogP contribution in [0.15, 0.2) is 47.5 Å². The van der Waals surface area contributed by atoms with Gasteiger partial charge in [0.05, 0.1) is 12.8 Å². The lowest BCUT2D eigenvalue weighted by Gasteiger charge is -2.12. The lowest BCUT2D eigenvalue weighted by Crippen LogP contribution is -2.20. The zero-order chi connectivity index (χ0) is 17.8. The van der Waals surface area contributed by atoms with E-state index in [1.54, 1.807) is 56.9 Å². The number of methoxy groups -OCH3 is 1. The molecule has 0 amide bonds. The van der Waals surface area contributed by atoms with Crippen LogP contribution in [0.1, 0.15) is 5.69 Å². The molecule has 25 heavy (non-hydrogen) atoms. The van der Waals surface area contributed by atoms with E-state index in [4.69, 9.17) is 9.47 Å². The fourth-order valence-corrected chi connectivity index (χ4v) is 2.11. The van der Waals surface area contributed by atoms with Crippen LogP contribution in [0.2, 0.25) is 0 Å². The second-order valence-electron chi connectivity index (χ2n) is 5.30. The van der Waals surface area contributed by atoms with Gasteiger partial charge < -0.3 is 19.4 Å². The number of nitrogens with zero attached hydrogens (tertiary/aromatic N) is 4. The van der Waals surface area contributed by atoms with Crippen molar-refractivity contribution in [1.82, 2.24) is 19.7 Å². The summed E-state index contributed by atoms with van der Waals surface area (Å²) in [6.07, 6.45) is 3.14. The molecule has 0 aliphatic rings. The number of aryl methyl sites for hydroxylation is 2. The summed E-state index contributed by atoms with van der Waals surface area (Å²) in [6.45, 7) is 1.84. The monoisotopic (exact) mass is 339 g/mol. The number of anilines is 2. The van der Waals surface area contributed by atoms with E-state index in [-0.39, 0.29) is 11.4 Å². The minimum absolute atomic E-state index is 0.219. The summed E-state index contributed by atoms with van der Waals surface area (Å²) in [4.78, 5) is 16.1. The first-order valence-corrected chi connectivity index (χ1v) is 7.51. The molecular weight excluding hydrogens is 322 g/mol. The molecule has 8 nitrogen and oxygen atoms in total. The van der Waals surface area contributed by atoms with Crippen molar-refractivity contribution in [1.29, 1.82) is 0 Å². The Balaban J connectivity index is 1.90. The van der Waals surface area contributed by atoms with Gasteiger partial charge in [-0.3, -0.25) is 4.79 Å². The largest absolute Gasteiger partial charge is 0.493 e. The normalized spacial score (nSPS) is 10.4. The second-order valence-corrected chi connectivity index (χ2v) is 5.30. The van der Waals surface area contributed by atoms with Gasteiger partial charge in [-0.2, -0.15) is 5.10 Å². The first-order valence-electron chi connectivity index (χ1n) is 7.51. The van der Waals surface area contributed by atoms with Crippen LogP contribution >= 0.6 is 0 Å². The number of nitrogens with one attached hydrogen (secondary N) is 1. The highest BCUT2D eigenvalue weighted by atomic mass is 16.5. The Morgan fingerprint density at radius 1 is 1.12 bits per heavy atom. The van der Waals surface area contributed by atoms with Crippen LogP contribution in [0, 0.1) is 6.92 Å². The van der Waals surface area contributed by atoms with Crippen LogP contribution in [-0.2, 0) is 7.05 Å². The average Bonchev–Trinajstić information content (AvgIpc) is 2.61. The molecule has 0 aliphatic heterocycles. The summed E-state index contributed by atoms with van der Waals surface area (Å²) >= 11 is 0. The lowest BCUT2D eigenvalue weighted by molar-refractivity contribution is 0.372. The number of hydrogen-bond acceptors (Lipinski definition) is 7. The number of benzene rings is 1. The first kappa shape index (κ1) is 16.4. The van der Waals surface area contributed by atoms with E-state index in [1.165, 1.54) is 4.57 Å². The van der Waals surface area contributed by atoms with Crippen molar-refractivity contribution in [2.75, 3.05) is 12.4 Å². The number of ether oxygens (including phenoxy) is 2. The summed E-state index contributed by atoms with van der Waals surface area (Å²) in [6, 6.07) is 8.71. The molecule has 8 heteroatoms. The van der Waals surface area contributed by atoms with Crippen molar-refractivity contribution >= 4 is 11.5 Å². The Labute approximate surface area is 144 Å². The third-order valence-corrected chi connectivity index (χ3v) is 3.43. The molecule has 0 spiro atoms. The van der Waals surface area contributed by atoms with Gasteiger partial charge in [0.2, 0.25) is 5.88 Å². The van der Waals surface area contributed by atoms with E-state index >= 15 is 0 Å². The number of rotatable bonds is 5. The van der Waals surface area contributed by atoms with Crippen LogP contribution in [-0.4, -0.2) is 26.9 Å². The van der Waals surface area contributed by atoms with Crippen LogP contribution in [0.3, 0.4) is 0 Å². The van der Waals surface area contributed by atoms with Gasteiger partial charge in [-0.1, -0.05) is 0 Å². The maximum atomic E-state index is 12.1. The topological polar surface area (TPSA) is 91.2 Å². The van der Waals surface area contributed by atoms with Crippen molar-refractivity contribution in [3.63, 3.8) is 0 Å². The Bertz CT molecular complexity index is 938. The summed E-state index contributed by atoms with van der Waals surface area (Å²) < 4.78 is 12.5. The van der Waals surface area contributed by atoms with Crippen molar-refractivity contribution in [2.24, 2.45) is 7.05 Å². The van der Waals surface area contributed by atoms with Crippen molar-refractivity contribution in [2.45, 2.75) is 6.92 Å². The Hall–Kier alpha value is -3.42. The van der Waals surface area contributed by atoms with E-state index in [1.807, 2.05) is 6.92 Å². The maximum absolute atomic E-state index is 12.1. The molecular formula is C17H17N5O3. The van der Waals surface area contributed by atoms with E-state index in [9.17, 15) is 4.79 Å². The molecule has 0 unspecified atom stereocenters. The predicted octanol–water partition coefficient (Wildman–Crippen LogP) is 2.42. The van der Waals surface area contributed by atoms with Crippen molar-refractivity contribution < 1.29 is 9.47 Å². The molecule has 0 bridgehead atoms. The van der Waals surface area contributed by atoms with E-state index in [0.29, 0.717) is 23.1 Å². The molecule has 2 aromatic heterocycles. The molecule has 2 heterocycles.